The molecule has 0 aromatic heterocycles. The largest absolute Gasteiger partial charge is 0.493 e. The van der Waals surface area contributed by atoms with Crippen LogP contribution in [0.2, 0.25) is 0 Å². The molecule has 0 radical (unpaired) electrons. The third-order valence-corrected chi connectivity index (χ3v) is 4.68. The molecule has 1 aliphatic rings. The third kappa shape index (κ3) is 5.14. The number of methoxy groups -OCH3 is 1. The number of hydrogen-bond donors (Lipinski definition) is 1. The van der Waals surface area contributed by atoms with Crippen molar-refractivity contribution < 1.29 is 14.3 Å². The number of anilines is 1. The van der Waals surface area contributed by atoms with Gasteiger partial charge in [0.25, 0.3) is 0 Å². The number of amides is 1. The highest BCUT2D eigenvalue weighted by molar-refractivity contribution is 5.95. The van der Waals surface area contributed by atoms with E-state index in [2.05, 4.69) is 24.0 Å². The molecule has 2 aromatic carbocycles. The minimum Gasteiger partial charge on any atom is -0.493 e. The van der Waals surface area contributed by atoms with Crippen molar-refractivity contribution in [3.05, 3.63) is 65.7 Å². The summed E-state index contributed by atoms with van der Waals surface area (Å²) in [6.07, 6.45) is 1.60. The number of carbonyl (C=O) groups excluding carboxylic acids is 1. The highest BCUT2D eigenvalue weighted by atomic mass is 16.5. The van der Waals surface area contributed by atoms with E-state index in [-0.39, 0.29) is 5.91 Å². The topological polar surface area (TPSA) is 50.8 Å². The average Bonchev–Trinajstić information content (AvgIpc) is 3.13. The Bertz CT molecular complexity index is 830. The summed E-state index contributed by atoms with van der Waals surface area (Å²) in [6, 6.07) is 14.1. The monoisotopic (exact) mass is 380 g/mol. The summed E-state index contributed by atoms with van der Waals surface area (Å²) in [7, 11) is 1.64. The summed E-state index contributed by atoms with van der Waals surface area (Å²) in [4.78, 5) is 13.7. The minimum absolute atomic E-state index is 0.218. The van der Waals surface area contributed by atoms with Crippen molar-refractivity contribution in [3.8, 4) is 11.5 Å². The van der Waals surface area contributed by atoms with E-state index in [0.29, 0.717) is 13.0 Å². The average molecular weight is 380 g/mol. The molecule has 28 heavy (non-hydrogen) atoms. The van der Waals surface area contributed by atoms with E-state index in [4.69, 9.17) is 9.47 Å². The zero-order valence-electron chi connectivity index (χ0n) is 16.7. The van der Waals surface area contributed by atoms with Gasteiger partial charge in [-0.1, -0.05) is 24.8 Å². The van der Waals surface area contributed by atoms with E-state index in [1.807, 2.05) is 42.2 Å². The zero-order valence-corrected chi connectivity index (χ0v) is 16.7. The van der Waals surface area contributed by atoms with Crippen molar-refractivity contribution in [2.24, 2.45) is 0 Å². The summed E-state index contributed by atoms with van der Waals surface area (Å²) >= 11 is 0. The van der Waals surface area contributed by atoms with Crippen molar-refractivity contribution in [1.82, 2.24) is 5.32 Å². The number of benzene rings is 2. The van der Waals surface area contributed by atoms with E-state index >= 15 is 0 Å². The van der Waals surface area contributed by atoms with Crippen LogP contribution in [0.1, 0.15) is 30.9 Å². The number of ether oxygens (including phenoxy) is 2. The molecule has 5 heteroatoms. The number of nitrogens with zero attached hydrogens (tertiary/aromatic N) is 1. The molecule has 1 amide bonds. The van der Waals surface area contributed by atoms with Gasteiger partial charge in [0.15, 0.2) is 11.5 Å². The fourth-order valence-electron chi connectivity index (χ4n) is 3.21. The molecule has 1 saturated heterocycles. The maximum absolute atomic E-state index is 11.8. The second-order valence-corrected chi connectivity index (χ2v) is 7.15. The molecule has 1 heterocycles. The molecule has 3 rings (SSSR count). The number of hydrogen-bond acceptors (Lipinski definition) is 4. The fourth-order valence-corrected chi connectivity index (χ4v) is 3.21. The van der Waals surface area contributed by atoms with Crippen molar-refractivity contribution in [3.63, 3.8) is 0 Å². The van der Waals surface area contributed by atoms with Crippen LogP contribution in [0.4, 0.5) is 5.69 Å². The summed E-state index contributed by atoms with van der Waals surface area (Å²) in [5.74, 6) is 1.66. The molecule has 1 fully saturated rings. The first kappa shape index (κ1) is 20.0. The van der Waals surface area contributed by atoms with Gasteiger partial charge in [-0.3, -0.25) is 4.79 Å². The highest BCUT2D eigenvalue weighted by Crippen LogP contribution is 2.28. The third-order valence-electron chi connectivity index (χ3n) is 4.68. The van der Waals surface area contributed by atoms with Gasteiger partial charge in [0.2, 0.25) is 5.91 Å². The van der Waals surface area contributed by atoms with Gasteiger partial charge in [-0.15, -0.1) is 0 Å². The normalized spacial score (nSPS) is 13.6. The van der Waals surface area contributed by atoms with Crippen LogP contribution in [0.5, 0.6) is 11.5 Å². The molecule has 148 valence electrons. The van der Waals surface area contributed by atoms with Gasteiger partial charge >= 0.3 is 0 Å². The molecule has 0 spiro atoms. The Balaban J connectivity index is 1.55. The molecule has 1 aliphatic heterocycles. The van der Waals surface area contributed by atoms with Crippen molar-refractivity contribution in [2.45, 2.75) is 32.9 Å². The quantitative estimate of drug-likeness (QED) is 0.667. The van der Waals surface area contributed by atoms with Crippen LogP contribution in [0.3, 0.4) is 0 Å². The Morgan fingerprint density at radius 2 is 1.82 bits per heavy atom. The first-order chi connectivity index (χ1) is 13.6. The Morgan fingerprint density at radius 3 is 2.46 bits per heavy atom. The second kappa shape index (κ2) is 9.42. The lowest BCUT2D eigenvalue weighted by Gasteiger charge is -2.16. The van der Waals surface area contributed by atoms with Crippen molar-refractivity contribution in [2.75, 3.05) is 25.2 Å². The molecule has 5 nitrogen and oxygen atoms in total. The van der Waals surface area contributed by atoms with Gasteiger partial charge in [0.1, 0.15) is 6.61 Å². The number of carbonyl (C=O) groups is 1. The van der Waals surface area contributed by atoms with Crippen LogP contribution in [0, 0.1) is 0 Å². The molecule has 1 N–H and O–H groups in total. The maximum atomic E-state index is 11.8. The zero-order chi connectivity index (χ0) is 19.9. The van der Waals surface area contributed by atoms with Gasteiger partial charge in [-0.05, 0) is 54.3 Å². The molecule has 0 saturated carbocycles. The van der Waals surface area contributed by atoms with E-state index in [1.54, 1.807) is 7.11 Å². The molecule has 2 aromatic rings. The predicted molar refractivity (Wildman–Crippen MR) is 112 cm³/mol. The van der Waals surface area contributed by atoms with Gasteiger partial charge in [0.05, 0.1) is 7.11 Å². The van der Waals surface area contributed by atoms with E-state index < -0.39 is 0 Å². The summed E-state index contributed by atoms with van der Waals surface area (Å²) < 4.78 is 11.1. The summed E-state index contributed by atoms with van der Waals surface area (Å²) in [6.45, 7) is 8.57. The van der Waals surface area contributed by atoms with Gasteiger partial charge in [0, 0.05) is 31.7 Å². The van der Waals surface area contributed by atoms with Crippen molar-refractivity contribution in [1.29, 1.82) is 0 Å². The number of nitrogens with one attached hydrogen (secondary N) is 1. The Labute approximate surface area is 167 Å². The molecular weight excluding hydrogens is 352 g/mol. The predicted octanol–water partition coefficient (Wildman–Crippen LogP) is 4.07. The molecule has 0 bridgehead atoms. The second-order valence-electron chi connectivity index (χ2n) is 7.15. The van der Waals surface area contributed by atoms with Gasteiger partial charge in [-0.25, -0.2) is 0 Å². The first-order valence-corrected chi connectivity index (χ1v) is 9.61. The van der Waals surface area contributed by atoms with Gasteiger partial charge < -0.3 is 19.7 Å². The highest BCUT2D eigenvalue weighted by Gasteiger charge is 2.21. The van der Waals surface area contributed by atoms with Crippen molar-refractivity contribution >= 4 is 11.6 Å². The Hall–Kier alpha value is -2.79. The Morgan fingerprint density at radius 1 is 1.11 bits per heavy atom. The first-order valence-electron chi connectivity index (χ1n) is 9.61. The lowest BCUT2D eigenvalue weighted by atomic mass is 10.1. The summed E-state index contributed by atoms with van der Waals surface area (Å²) in [5, 5.41) is 3.45. The minimum atomic E-state index is 0.218. The molecular formula is C23H28N2O3. The van der Waals surface area contributed by atoms with Gasteiger partial charge in [-0.2, -0.15) is 0 Å². The molecule has 0 atom stereocenters. The standard InChI is InChI=1S/C23H28N2O3/c1-17(2)16-28-22-13-19(8-11-21(22)27-3)15-24-14-18-6-9-20(10-7-18)25-12-4-5-23(25)26/h6-11,13,24H,1,4-5,12,14-16H2,2-3H3. The van der Waals surface area contributed by atoms with Crippen LogP contribution in [-0.4, -0.2) is 26.2 Å². The maximum Gasteiger partial charge on any atom is 0.227 e. The smallest absolute Gasteiger partial charge is 0.227 e. The van der Waals surface area contributed by atoms with Crippen LogP contribution >= 0.6 is 0 Å². The van der Waals surface area contributed by atoms with Crippen LogP contribution in [0.15, 0.2) is 54.6 Å². The lowest BCUT2D eigenvalue weighted by Crippen LogP contribution is -2.23. The van der Waals surface area contributed by atoms with E-state index in [1.165, 1.54) is 5.56 Å². The fraction of sp³-hybridized carbons (Fsp3) is 0.348. The summed E-state index contributed by atoms with van der Waals surface area (Å²) in [5.41, 5.74) is 4.25. The lowest BCUT2D eigenvalue weighted by molar-refractivity contribution is -0.117. The van der Waals surface area contributed by atoms with E-state index in [9.17, 15) is 4.79 Å². The SMILES string of the molecule is C=C(C)COc1cc(CNCc2ccc(N3CCCC3=O)cc2)ccc1OC. The Kier molecular flexibility index (Phi) is 6.71. The van der Waals surface area contributed by atoms with Crippen LogP contribution in [0.25, 0.3) is 0 Å². The molecule has 0 aliphatic carbocycles. The van der Waals surface area contributed by atoms with Crippen LogP contribution in [-0.2, 0) is 17.9 Å². The molecule has 0 unspecified atom stereocenters. The van der Waals surface area contributed by atoms with Crippen LogP contribution < -0.4 is 19.7 Å². The number of rotatable bonds is 9. The van der Waals surface area contributed by atoms with E-state index in [0.717, 1.165) is 54.4 Å².